The van der Waals surface area contributed by atoms with Gasteiger partial charge in [-0.05, 0) is 52.2 Å². The van der Waals surface area contributed by atoms with Crippen molar-refractivity contribution in [2.75, 3.05) is 0 Å². The van der Waals surface area contributed by atoms with Gasteiger partial charge in [0, 0.05) is 24.1 Å². The lowest BCUT2D eigenvalue weighted by atomic mass is 10.0. The molecule has 0 heterocycles. The number of Topliss-reactive ketones (excluding diaryl/α,β-unsaturated/α-hetero) is 1. The van der Waals surface area contributed by atoms with Gasteiger partial charge in [-0.15, -0.1) is 0 Å². The molecule has 1 aromatic rings. The molecule has 0 atom stereocenters. The summed E-state index contributed by atoms with van der Waals surface area (Å²) in [5.41, 5.74) is 7.21. The fourth-order valence-corrected chi connectivity index (χ4v) is 2.59. The molecule has 25 heavy (non-hydrogen) atoms. The monoisotopic (exact) mass is 337 g/mol. The fourth-order valence-electron chi connectivity index (χ4n) is 2.59. The maximum Gasteiger partial charge on any atom is 0.136 e. The van der Waals surface area contributed by atoms with Crippen LogP contribution in [0.25, 0.3) is 5.70 Å². The summed E-state index contributed by atoms with van der Waals surface area (Å²) in [6.07, 6.45) is 3.99. The predicted molar refractivity (Wildman–Crippen MR) is 110 cm³/mol. The van der Waals surface area contributed by atoms with Crippen molar-refractivity contribution in [3.63, 3.8) is 0 Å². The van der Waals surface area contributed by atoms with Crippen molar-refractivity contribution >= 4 is 17.2 Å². The number of ketones is 1. The van der Waals surface area contributed by atoms with Gasteiger partial charge in [-0.3, -0.25) is 9.79 Å². The van der Waals surface area contributed by atoms with E-state index in [9.17, 15) is 4.79 Å². The summed E-state index contributed by atoms with van der Waals surface area (Å²) in [7, 11) is 0. The molecule has 0 amide bonds. The quantitative estimate of drug-likeness (QED) is 0.395. The number of aliphatic imine (C=N–C) groups is 1. The molecule has 2 nitrogen and oxygen atoms in total. The van der Waals surface area contributed by atoms with Crippen LogP contribution in [0, 0.1) is 6.92 Å². The van der Waals surface area contributed by atoms with Crippen LogP contribution in [-0.4, -0.2) is 11.5 Å². The lowest BCUT2D eigenvalue weighted by Gasteiger charge is -2.11. The molecule has 0 bridgehead atoms. The largest absolute Gasteiger partial charge is 0.299 e. The van der Waals surface area contributed by atoms with Gasteiger partial charge in [0.05, 0.1) is 5.70 Å². The van der Waals surface area contributed by atoms with Crippen molar-refractivity contribution in [3.05, 3.63) is 64.8 Å². The third-order valence-corrected chi connectivity index (χ3v) is 4.03. The highest BCUT2D eigenvalue weighted by atomic mass is 16.1. The minimum Gasteiger partial charge on any atom is -0.299 e. The van der Waals surface area contributed by atoms with Gasteiger partial charge in [0.2, 0.25) is 0 Å². The first-order chi connectivity index (χ1) is 11.7. The summed E-state index contributed by atoms with van der Waals surface area (Å²) in [6.45, 7) is 16.1. The smallest absolute Gasteiger partial charge is 0.136 e. The maximum atomic E-state index is 12.1. The molecule has 0 aromatic heterocycles. The number of hydrogen-bond acceptors (Lipinski definition) is 2. The van der Waals surface area contributed by atoms with E-state index in [0.29, 0.717) is 12.8 Å². The van der Waals surface area contributed by atoms with Crippen LogP contribution < -0.4 is 0 Å². The van der Waals surface area contributed by atoms with E-state index in [1.165, 1.54) is 5.56 Å². The van der Waals surface area contributed by atoms with Crippen LogP contribution >= 0.6 is 0 Å². The summed E-state index contributed by atoms with van der Waals surface area (Å²) >= 11 is 0. The van der Waals surface area contributed by atoms with Crippen molar-refractivity contribution in [2.45, 2.75) is 60.8 Å². The second-order valence-corrected chi connectivity index (χ2v) is 6.83. The van der Waals surface area contributed by atoms with Crippen molar-refractivity contribution in [3.8, 4) is 0 Å². The van der Waals surface area contributed by atoms with Gasteiger partial charge in [-0.25, -0.2) is 0 Å². The minimum atomic E-state index is 0.270. The third-order valence-electron chi connectivity index (χ3n) is 4.03. The Hall–Kier alpha value is -2.22. The number of carbonyl (C=O) groups excluding carboxylic acids is 1. The van der Waals surface area contributed by atoms with E-state index in [4.69, 9.17) is 4.99 Å². The number of aryl methyl sites for hydroxylation is 1. The first kappa shape index (κ1) is 20.8. The maximum absolute atomic E-state index is 12.1. The standard InChI is InChI=1S/C23H31NO/c1-8-9-22(25)15-19(6)23(21-12-10-17(4)11-13-21)24-20(7)18(5)14-16(2)3/h10-14H,2,8-9,15H2,1,3-7H3/b18-14-,23-19+,24-20+. The Morgan fingerprint density at radius 2 is 1.72 bits per heavy atom. The Labute approximate surface area is 153 Å². The van der Waals surface area contributed by atoms with Gasteiger partial charge in [-0.2, -0.15) is 0 Å². The van der Waals surface area contributed by atoms with Gasteiger partial charge >= 0.3 is 0 Å². The van der Waals surface area contributed by atoms with Crippen LogP contribution in [0.15, 0.2) is 58.6 Å². The molecular formula is C23H31NO. The van der Waals surface area contributed by atoms with Crippen molar-refractivity contribution in [1.82, 2.24) is 0 Å². The second-order valence-electron chi connectivity index (χ2n) is 6.83. The van der Waals surface area contributed by atoms with E-state index in [1.54, 1.807) is 0 Å². The van der Waals surface area contributed by atoms with Crippen LogP contribution in [-0.2, 0) is 4.79 Å². The molecule has 0 unspecified atom stereocenters. The fraction of sp³-hybridized carbons (Fsp3) is 0.391. The molecule has 0 fully saturated rings. The molecule has 134 valence electrons. The van der Waals surface area contributed by atoms with Crippen LogP contribution in [0.2, 0.25) is 0 Å². The molecule has 0 aliphatic heterocycles. The first-order valence-electron chi connectivity index (χ1n) is 8.92. The van der Waals surface area contributed by atoms with E-state index in [2.05, 4.69) is 37.8 Å². The zero-order chi connectivity index (χ0) is 19.0. The van der Waals surface area contributed by atoms with Gasteiger partial charge < -0.3 is 0 Å². The van der Waals surface area contributed by atoms with Crippen LogP contribution in [0.4, 0.5) is 0 Å². The summed E-state index contributed by atoms with van der Waals surface area (Å²) in [6, 6.07) is 8.32. The van der Waals surface area contributed by atoms with Crippen LogP contribution in [0.3, 0.4) is 0 Å². The van der Waals surface area contributed by atoms with Crippen molar-refractivity contribution in [2.24, 2.45) is 4.99 Å². The molecule has 0 N–H and O–H groups in total. The number of rotatable bonds is 8. The third kappa shape index (κ3) is 7.04. The Balaban J connectivity index is 3.35. The summed E-state index contributed by atoms with van der Waals surface area (Å²) in [4.78, 5) is 17.0. The van der Waals surface area contributed by atoms with E-state index < -0.39 is 0 Å². The first-order valence-corrected chi connectivity index (χ1v) is 8.92. The lowest BCUT2D eigenvalue weighted by Crippen LogP contribution is -2.01. The minimum absolute atomic E-state index is 0.270. The van der Waals surface area contributed by atoms with E-state index >= 15 is 0 Å². The van der Waals surface area contributed by atoms with E-state index in [0.717, 1.165) is 40.1 Å². The number of nitrogens with zero attached hydrogens (tertiary/aromatic N) is 1. The molecule has 1 rings (SSSR count). The zero-order valence-electron chi connectivity index (χ0n) is 16.6. The molecule has 0 aliphatic carbocycles. The molecular weight excluding hydrogens is 306 g/mol. The summed E-state index contributed by atoms with van der Waals surface area (Å²) in [5.74, 6) is 0.270. The van der Waals surface area contributed by atoms with Gasteiger partial charge in [0.1, 0.15) is 5.78 Å². The van der Waals surface area contributed by atoms with Crippen LogP contribution in [0.5, 0.6) is 0 Å². The van der Waals surface area contributed by atoms with Crippen molar-refractivity contribution < 1.29 is 4.79 Å². The Morgan fingerprint density at radius 1 is 1.12 bits per heavy atom. The Kier molecular flexibility index (Phi) is 8.27. The normalized spacial score (nSPS) is 13.5. The topological polar surface area (TPSA) is 29.4 Å². The molecule has 1 aromatic carbocycles. The highest BCUT2D eigenvalue weighted by Gasteiger charge is 2.10. The Morgan fingerprint density at radius 3 is 2.24 bits per heavy atom. The average molecular weight is 338 g/mol. The SMILES string of the molecule is C=C(C)\C=C(C)/C(C)=N/C(=C(\C)CC(=O)CCC)c1ccc(C)cc1. The highest BCUT2D eigenvalue weighted by Crippen LogP contribution is 2.24. The average Bonchev–Trinajstić information content (AvgIpc) is 2.52. The second kappa shape index (κ2) is 9.93. The summed E-state index contributed by atoms with van der Waals surface area (Å²) < 4.78 is 0. The predicted octanol–water partition coefficient (Wildman–Crippen LogP) is 6.47. The van der Waals surface area contributed by atoms with Gasteiger partial charge in [0.15, 0.2) is 0 Å². The summed E-state index contributed by atoms with van der Waals surface area (Å²) in [5, 5.41) is 0. The number of benzene rings is 1. The Bertz CT molecular complexity index is 715. The highest BCUT2D eigenvalue weighted by molar-refractivity contribution is 6.01. The molecule has 0 saturated carbocycles. The van der Waals surface area contributed by atoms with E-state index in [-0.39, 0.29) is 5.78 Å². The van der Waals surface area contributed by atoms with E-state index in [1.807, 2.05) is 40.7 Å². The van der Waals surface area contributed by atoms with Gasteiger partial charge in [0.25, 0.3) is 0 Å². The molecule has 0 aliphatic rings. The molecule has 0 spiro atoms. The van der Waals surface area contributed by atoms with Crippen molar-refractivity contribution in [1.29, 1.82) is 0 Å². The number of carbonyl (C=O) groups is 1. The molecule has 0 radical (unpaired) electrons. The van der Waals surface area contributed by atoms with Crippen LogP contribution in [0.1, 0.15) is 65.0 Å². The number of allylic oxidation sites excluding steroid dienone is 4. The van der Waals surface area contributed by atoms with Gasteiger partial charge in [-0.1, -0.05) is 55.0 Å². The molecule has 2 heteroatoms. The zero-order valence-corrected chi connectivity index (χ0v) is 16.6. The lowest BCUT2D eigenvalue weighted by molar-refractivity contribution is -0.118. The number of hydrogen-bond donors (Lipinski definition) is 0. The molecule has 0 saturated heterocycles.